The monoisotopic (exact) mass is 250 g/mol. The van der Waals surface area contributed by atoms with Crippen molar-refractivity contribution in [1.82, 2.24) is 19.3 Å². The second-order valence-corrected chi connectivity index (χ2v) is 5.08. The van der Waals surface area contributed by atoms with Gasteiger partial charge >= 0.3 is 0 Å². The number of rotatable bonds is 1. The van der Waals surface area contributed by atoms with E-state index in [0.29, 0.717) is 0 Å². The smallest absolute Gasteiger partial charge is 0.0994 e. The fourth-order valence-electron chi connectivity index (χ4n) is 3.05. The lowest BCUT2D eigenvalue weighted by Crippen LogP contribution is -2.00. The molecule has 4 nitrogen and oxygen atoms in total. The van der Waals surface area contributed by atoms with Gasteiger partial charge in [-0.3, -0.25) is 4.68 Å². The Kier molecular flexibility index (Phi) is 1.98. The maximum atomic E-state index is 4.31. The number of aryl methyl sites for hydroxylation is 2. The van der Waals surface area contributed by atoms with Crippen LogP contribution in [0.15, 0.2) is 43.1 Å². The van der Waals surface area contributed by atoms with Gasteiger partial charge in [0.25, 0.3) is 0 Å². The molecule has 1 unspecified atom stereocenters. The second kappa shape index (κ2) is 3.57. The second-order valence-electron chi connectivity index (χ2n) is 5.08. The molecule has 1 aromatic carbocycles. The SMILES string of the molecule is Cc1cccc2c1C(c1cnn(C)c1)c1cncn1-2. The van der Waals surface area contributed by atoms with E-state index in [1.54, 1.807) is 0 Å². The summed E-state index contributed by atoms with van der Waals surface area (Å²) in [5.74, 6) is 0.243. The van der Waals surface area contributed by atoms with Crippen molar-refractivity contribution in [3.63, 3.8) is 0 Å². The van der Waals surface area contributed by atoms with E-state index in [-0.39, 0.29) is 5.92 Å². The van der Waals surface area contributed by atoms with Gasteiger partial charge in [0.2, 0.25) is 0 Å². The van der Waals surface area contributed by atoms with E-state index < -0.39 is 0 Å². The molecular weight excluding hydrogens is 236 g/mol. The first-order valence-electron chi connectivity index (χ1n) is 6.36. The molecule has 1 aliphatic rings. The van der Waals surface area contributed by atoms with Crippen molar-refractivity contribution >= 4 is 0 Å². The maximum Gasteiger partial charge on any atom is 0.0994 e. The van der Waals surface area contributed by atoms with Crippen molar-refractivity contribution in [2.75, 3.05) is 0 Å². The number of benzene rings is 1. The van der Waals surface area contributed by atoms with Gasteiger partial charge in [0.1, 0.15) is 0 Å². The standard InChI is InChI=1S/C15H14N4/c1-10-4-3-5-12-14(10)15(11-6-17-18(2)8-11)13-7-16-9-19(12)13/h3-9,15H,1-2H3. The van der Waals surface area contributed by atoms with Gasteiger partial charge in [-0.15, -0.1) is 0 Å². The van der Waals surface area contributed by atoms with Crippen molar-refractivity contribution in [3.8, 4) is 5.69 Å². The molecule has 0 radical (unpaired) electrons. The molecule has 4 rings (SSSR count). The Morgan fingerprint density at radius 1 is 1.21 bits per heavy atom. The summed E-state index contributed by atoms with van der Waals surface area (Å²) in [5, 5.41) is 4.31. The fourth-order valence-corrected chi connectivity index (χ4v) is 3.05. The van der Waals surface area contributed by atoms with Crippen LogP contribution >= 0.6 is 0 Å². The highest BCUT2D eigenvalue weighted by atomic mass is 15.2. The Morgan fingerprint density at radius 3 is 2.89 bits per heavy atom. The molecule has 1 atom stereocenters. The number of hydrogen-bond acceptors (Lipinski definition) is 2. The van der Waals surface area contributed by atoms with E-state index in [9.17, 15) is 0 Å². The minimum atomic E-state index is 0.243. The molecule has 3 heterocycles. The number of imidazole rings is 1. The molecule has 0 spiro atoms. The van der Waals surface area contributed by atoms with Gasteiger partial charge in [0.05, 0.1) is 29.8 Å². The highest BCUT2D eigenvalue weighted by Gasteiger charge is 2.32. The fraction of sp³-hybridized carbons (Fsp3) is 0.200. The van der Waals surface area contributed by atoms with Crippen LogP contribution in [0.25, 0.3) is 5.69 Å². The van der Waals surface area contributed by atoms with Gasteiger partial charge in [0, 0.05) is 25.0 Å². The molecule has 3 aromatic rings. The molecule has 0 amide bonds. The van der Waals surface area contributed by atoms with Crippen LogP contribution in [-0.2, 0) is 7.05 Å². The number of nitrogens with zero attached hydrogens (tertiary/aromatic N) is 4. The quantitative estimate of drug-likeness (QED) is 0.520. The Morgan fingerprint density at radius 2 is 2.11 bits per heavy atom. The zero-order chi connectivity index (χ0) is 13.0. The Balaban J connectivity index is 2.03. The number of fused-ring (bicyclic) bond motifs is 3. The van der Waals surface area contributed by atoms with Gasteiger partial charge in [0.15, 0.2) is 0 Å². The zero-order valence-electron chi connectivity index (χ0n) is 10.9. The summed E-state index contributed by atoms with van der Waals surface area (Å²) < 4.78 is 4.03. The predicted molar refractivity (Wildman–Crippen MR) is 72.5 cm³/mol. The minimum absolute atomic E-state index is 0.243. The van der Waals surface area contributed by atoms with E-state index in [1.807, 2.05) is 30.5 Å². The maximum absolute atomic E-state index is 4.31. The molecule has 2 aromatic heterocycles. The van der Waals surface area contributed by atoms with Crippen LogP contribution in [0.1, 0.15) is 28.3 Å². The summed E-state index contributed by atoms with van der Waals surface area (Å²) in [7, 11) is 1.95. The van der Waals surface area contributed by atoms with Crippen LogP contribution < -0.4 is 0 Å². The summed E-state index contributed by atoms with van der Waals surface area (Å²) in [6.07, 6.45) is 7.88. The van der Waals surface area contributed by atoms with Gasteiger partial charge in [-0.25, -0.2) is 4.98 Å². The first-order chi connectivity index (χ1) is 9.25. The lowest BCUT2D eigenvalue weighted by Gasteiger charge is -2.11. The van der Waals surface area contributed by atoms with Crippen LogP contribution in [0.4, 0.5) is 0 Å². The van der Waals surface area contributed by atoms with Crippen molar-refractivity contribution < 1.29 is 0 Å². The van der Waals surface area contributed by atoms with Crippen molar-refractivity contribution in [3.05, 3.63) is 65.5 Å². The molecule has 0 aliphatic carbocycles. The molecule has 0 fully saturated rings. The van der Waals surface area contributed by atoms with Crippen LogP contribution in [0.3, 0.4) is 0 Å². The van der Waals surface area contributed by atoms with Crippen LogP contribution in [0, 0.1) is 6.92 Å². The zero-order valence-corrected chi connectivity index (χ0v) is 10.9. The van der Waals surface area contributed by atoms with Crippen LogP contribution in [0.2, 0.25) is 0 Å². The third-order valence-corrected chi connectivity index (χ3v) is 3.87. The lowest BCUT2D eigenvalue weighted by atomic mass is 9.90. The molecule has 0 saturated carbocycles. The van der Waals surface area contributed by atoms with E-state index in [4.69, 9.17) is 0 Å². The molecule has 4 heteroatoms. The van der Waals surface area contributed by atoms with Crippen LogP contribution in [-0.4, -0.2) is 19.3 Å². The molecule has 0 saturated heterocycles. The van der Waals surface area contributed by atoms with E-state index in [1.165, 1.54) is 28.1 Å². The summed E-state index contributed by atoms with van der Waals surface area (Å²) >= 11 is 0. The third-order valence-electron chi connectivity index (χ3n) is 3.87. The normalized spacial score (nSPS) is 16.4. The van der Waals surface area contributed by atoms with E-state index in [2.05, 4.69) is 46.0 Å². The molecule has 0 bridgehead atoms. The Bertz CT molecular complexity index is 766. The van der Waals surface area contributed by atoms with Crippen molar-refractivity contribution in [2.45, 2.75) is 12.8 Å². The predicted octanol–water partition coefficient (Wildman–Crippen LogP) is 2.41. The Hall–Kier alpha value is -2.36. The lowest BCUT2D eigenvalue weighted by molar-refractivity contribution is 0.766. The summed E-state index contributed by atoms with van der Waals surface area (Å²) in [6.45, 7) is 2.17. The molecule has 19 heavy (non-hydrogen) atoms. The minimum Gasteiger partial charge on any atom is -0.302 e. The van der Waals surface area contributed by atoms with Gasteiger partial charge in [-0.2, -0.15) is 5.10 Å². The highest BCUT2D eigenvalue weighted by molar-refractivity contribution is 5.60. The van der Waals surface area contributed by atoms with Crippen LogP contribution in [0.5, 0.6) is 0 Å². The average molecular weight is 250 g/mol. The summed E-state index contributed by atoms with van der Waals surface area (Å²) in [5.41, 5.74) is 6.36. The van der Waals surface area contributed by atoms with E-state index in [0.717, 1.165) is 0 Å². The molecular formula is C15H14N4. The molecule has 94 valence electrons. The Labute approximate surface area is 111 Å². The largest absolute Gasteiger partial charge is 0.302 e. The third kappa shape index (κ3) is 1.34. The van der Waals surface area contributed by atoms with Gasteiger partial charge in [-0.1, -0.05) is 12.1 Å². The first kappa shape index (κ1) is 10.6. The number of aromatic nitrogens is 4. The van der Waals surface area contributed by atoms with Gasteiger partial charge in [-0.05, 0) is 24.1 Å². The molecule has 0 N–H and O–H groups in total. The first-order valence-corrected chi connectivity index (χ1v) is 6.36. The number of hydrogen-bond donors (Lipinski definition) is 0. The average Bonchev–Trinajstić information content (AvgIpc) is 3.05. The summed E-state index contributed by atoms with van der Waals surface area (Å²) in [4.78, 5) is 4.29. The summed E-state index contributed by atoms with van der Waals surface area (Å²) in [6, 6.07) is 6.43. The van der Waals surface area contributed by atoms with Gasteiger partial charge < -0.3 is 4.57 Å². The van der Waals surface area contributed by atoms with Crippen molar-refractivity contribution in [2.24, 2.45) is 7.05 Å². The van der Waals surface area contributed by atoms with Crippen molar-refractivity contribution in [1.29, 1.82) is 0 Å². The molecule has 1 aliphatic heterocycles. The topological polar surface area (TPSA) is 35.6 Å². The highest BCUT2D eigenvalue weighted by Crippen LogP contribution is 2.43. The van der Waals surface area contributed by atoms with E-state index >= 15 is 0 Å².